The summed E-state index contributed by atoms with van der Waals surface area (Å²) < 4.78 is 4.39. The van der Waals surface area contributed by atoms with E-state index in [1.807, 2.05) is 13.8 Å². The van der Waals surface area contributed by atoms with Crippen molar-refractivity contribution in [2.75, 3.05) is 7.11 Å². The van der Waals surface area contributed by atoms with Gasteiger partial charge < -0.3 is 14.6 Å². The molecule has 19 heavy (non-hydrogen) atoms. The molecule has 0 bridgehead atoms. The lowest BCUT2D eigenvalue weighted by Gasteiger charge is -2.13. The van der Waals surface area contributed by atoms with Gasteiger partial charge in [-0.1, -0.05) is 13.8 Å². The number of carbonyl (C=O) groups is 3. The van der Waals surface area contributed by atoms with Crippen molar-refractivity contribution in [3.8, 4) is 0 Å². The molecule has 0 radical (unpaired) electrons. The van der Waals surface area contributed by atoms with Crippen LogP contribution in [0.25, 0.3) is 0 Å². The van der Waals surface area contributed by atoms with Crippen LogP contribution < -0.4 is 0 Å². The van der Waals surface area contributed by atoms with Crippen LogP contribution in [0.15, 0.2) is 0 Å². The van der Waals surface area contributed by atoms with Gasteiger partial charge >= 0.3 is 5.97 Å². The molecule has 1 saturated carbocycles. The van der Waals surface area contributed by atoms with Crippen LogP contribution in [0.3, 0.4) is 0 Å². The molecule has 1 aliphatic carbocycles. The molecular formula is C14H22O5. The van der Waals surface area contributed by atoms with E-state index in [-0.39, 0.29) is 29.8 Å². The summed E-state index contributed by atoms with van der Waals surface area (Å²) in [6.45, 7) is 5.34. The van der Waals surface area contributed by atoms with Gasteiger partial charge in [-0.05, 0) is 25.2 Å². The van der Waals surface area contributed by atoms with Gasteiger partial charge in [0.25, 0.3) is 0 Å². The Morgan fingerprint density at radius 2 is 1.95 bits per heavy atom. The molecule has 5 heteroatoms. The number of rotatable bonds is 7. The standard InChI is InChI=1S/C14H22O5/c1-8(15)5-6-10-9(2)14(10,3)12(17)7-11(16)13(18)19-4/h9-11,16H,5-7H2,1-4H3/t9-,10-,11+,14-/m0/s1. The molecule has 4 atom stereocenters. The molecule has 0 amide bonds. The summed E-state index contributed by atoms with van der Waals surface area (Å²) in [7, 11) is 1.17. The SMILES string of the molecule is COC(=O)[C@H](O)CC(=O)[C@@]1(C)[C@@H](C)[C@@H]1CCC(C)=O. The first-order valence-electron chi connectivity index (χ1n) is 6.53. The second-order valence-electron chi connectivity index (χ2n) is 5.58. The third kappa shape index (κ3) is 3.21. The van der Waals surface area contributed by atoms with Crippen LogP contribution in [0.2, 0.25) is 0 Å². The topological polar surface area (TPSA) is 80.7 Å². The fourth-order valence-electron chi connectivity index (χ4n) is 2.82. The molecule has 0 heterocycles. The summed E-state index contributed by atoms with van der Waals surface area (Å²) in [6, 6.07) is 0. The van der Waals surface area contributed by atoms with E-state index in [4.69, 9.17) is 0 Å². The second kappa shape index (κ2) is 5.82. The van der Waals surface area contributed by atoms with E-state index in [0.717, 1.165) is 0 Å². The maximum atomic E-state index is 12.2. The van der Waals surface area contributed by atoms with Crippen molar-refractivity contribution in [3.63, 3.8) is 0 Å². The van der Waals surface area contributed by atoms with Crippen molar-refractivity contribution >= 4 is 17.5 Å². The monoisotopic (exact) mass is 270 g/mol. The molecule has 1 fully saturated rings. The largest absolute Gasteiger partial charge is 0.467 e. The van der Waals surface area contributed by atoms with Gasteiger partial charge in [-0.3, -0.25) is 4.79 Å². The van der Waals surface area contributed by atoms with E-state index < -0.39 is 17.5 Å². The first-order chi connectivity index (χ1) is 8.75. The average Bonchev–Trinajstić information content (AvgIpc) is 2.88. The minimum atomic E-state index is -1.39. The van der Waals surface area contributed by atoms with E-state index in [2.05, 4.69) is 4.74 Å². The lowest BCUT2D eigenvalue weighted by atomic mass is 9.93. The molecule has 0 aromatic rings. The van der Waals surface area contributed by atoms with Crippen LogP contribution in [0, 0.1) is 17.3 Å². The Bertz CT molecular complexity index is 389. The lowest BCUT2D eigenvalue weighted by molar-refractivity contribution is -0.152. The van der Waals surface area contributed by atoms with Crippen molar-refractivity contribution in [1.29, 1.82) is 0 Å². The Morgan fingerprint density at radius 1 is 1.37 bits per heavy atom. The van der Waals surface area contributed by atoms with Crippen molar-refractivity contribution in [1.82, 2.24) is 0 Å². The predicted molar refractivity (Wildman–Crippen MR) is 68.3 cm³/mol. The number of hydrogen-bond acceptors (Lipinski definition) is 5. The smallest absolute Gasteiger partial charge is 0.335 e. The Balaban J connectivity index is 2.57. The van der Waals surface area contributed by atoms with E-state index in [1.165, 1.54) is 14.0 Å². The molecular weight excluding hydrogens is 248 g/mol. The molecule has 0 unspecified atom stereocenters. The summed E-state index contributed by atoms with van der Waals surface area (Å²) in [5.74, 6) is -0.460. The minimum absolute atomic E-state index is 0.114. The highest BCUT2D eigenvalue weighted by Gasteiger charge is 2.62. The van der Waals surface area contributed by atoms with Crippen molar-refractivity contribution in [3.05, 3.63) is 0 Å². The summed E-state index contributed by atoms with van der Waals surface area (Å²) in [4.78, 5) is 34.3. The summed E-state index contributed by atoms with van der Waals surface area (Å²) in [6.07, 6.45) is -0.454. The third-order valence-electron chi connectivity index (χ3n) is 4.47. The number of aliphatic hydroxyl groups excluding tert-OH is 1. The van der Waals surface area contributed by atoms with Gasteiger partial charge in [-0.2, -0.15) is 0 Å². The summed E-state index contributed by atoms with van der Waals surface area (Å²) in [5, 5.41) is 9.52. The van der Waals surface area contributed by atoms with Crippen LogP contribution >= 0.6 is 0 Å². The van der Waals surface area contributed by atoms with Gasteiger partial charge in [0.15, 0.2) is 6.10 Å². The van der Waals surface area contributed by atoms with E-state index in [1.54, 1.807) is 0 Å². The molecule has 5 nitrogen and oxygen atoms in total. The van der Waals surface area contributed by atoms with Crippen LogP contribution in [0.4, 0.5) is 0 Å². The molecule has 0 aliphatic heterocycles. The number of hydrogen-bond donors (Lipinski definition) is 1. The third-order valence-corrected chi connectivity index (χ3v) is 4.47. The van der Waals surface area contributed by atoms with Gasteiger partial charge in [0.05, 0.1) is 7.11 Å². The number of methoxy groups -OCH3 is 1. The first kappa shape index (κ1) is 15.8. The molecule has 0 saturated heterocycles. The highest BCUT2D eigenvalue weighted by molar-refractivity contribution is 5.92. The maximum absolute atomic E-state index is 12.2. The Morgan fingerprint density at radius 3 is 2.42 bits per heavy atom. The molecule has 1 aliphatic rings. The van der Waals surface area contributed by atoms with Gasteiger partial charge in [0, 0.05) is 18.3 Å². The predicted octanol–water partition coefficient (Wildman–Crippen LogP) is 1.12. The summed E-state index contributed by atoms with van der Waals surface area (Å²) in [5.41, 5.74) is -0.523. The fourth-order valence-corrected chi connectivity index (χ4v) is 2.82. The number of ketones is 2. The van der Waals surface area contributed by atoms with E-state index in [0.29, 0.717) is 12.8 Å². The molecule has 0 aromatic carbocycles. The minimum Gasteiger partial charge on any atom is -0.467 e. The highest BCUT2D eigenvalue weighted by Crippen LogP contribution is 2.61. The van der Waals surface area contributed by atoms with Gasteiger partial charge in [0.1, 0.15) is 11.6 Å². The van der Waals surface area contributed by atoms with E-state index in [9.17, 15) is 19.5 Å². The van der Waals surface area contributed by atoms with Crippen molar-refractivity contribution < 1.29 is 24.2 Å². The Kier molecular flexibility index (Phi) is 4.85. The average molecular weight is 270 g/mol. The van der Waals surface area contributed by atoms with Gasteiger partial charge in [-0.15, -0.1) is 0 Å². The number of Topliss-reactive ketones (excluding diaryl/α,β-unsaturated/α-hetero) is 2. The number of carbonyl (C=O) groups excluding carboxylic acids is 3. The van der Waals surface area contributed by atoms with Crippen LogP contribution in [-0.2, 0) is 19.1 Å². The number of esters is 1. The van der Waals surface area contributed by atoms with Crippen LogP contribution in [0.5, 0.6) is 0 Å². The fraction of sp³-hybridized carbons (Fsp3) is 0.786. The quantitative estimate of drug-likeness (QED) is 0.701. The first-order valence-corrected chi connectivity index (χ1v) is 6.53. The zero-order valence-electron chi connectivity index (χ0n) is 11.9. The van der Waals surface area contributed by atoms with Crippen LogP contribution in [-0.4, -0.2) is 35.9 Å². The second-order valence-corrected chi connectivity index (χ2v) is 5.58. The molecule has 0 spiro atoms. The normalized spacial score (nSPS) is 30.6. The number of aliphatic hydroxyl groups is 1. The Labute approximate surface area is 113 Å². The summed E-state index contributed by atoms with van der Waals surface area (Å²) >= 11 is 0. The number of ether oxygens (including phenoxy) is 1. The van der Waals surface area contributed by atoms with Crippen LogP contribution in [0.1, 0.15) is 40.0 Å². The maximum Gasteiger partial charge on any atom is 0.335 e. The van der Waals surface area contributed by atoms with Crippen molar-refractivity contribution in [2.45, 2.75) is 46.1 Å². The molecule has 1 rings (SSSR count). The Hall–Kier alpha value is -1.23. The molecule has 1 N–H and O–H groups in total. The zero-order chi connectivity index (χ0) is 14.8. The van der Waals surface area contributed by atoms with Gasteiger partial charge in [0.2, 0.25) is 0 Å². The van der Waals surface area contributed by atoms with Crippen molar-refractivity contribution in [2.24, 2.45) is 17.3 Å². The lowest BCUT2D eigenvalue weighted by Crippen LogP contribution is -2.29. The molecule has 0 aromatic heterocycles. The highest BCUT2D eigenvalue weighted by atomic mass is 16.5. The van der Waals surface area contributed by atoms with E-state index >= 15 is 0 Å². The van der Waals surface area contributed by atoms with Gasteiger partial charge in [-0.25, -0.2) is 4.79 Å². The molecule has 108 valence electrons. The zero-order valence-corrected chi connectivity index (χ0v) is 11.9.